The summed E-state index contributed by atoms with van der Waals surface area (Å²) in [5, 5.41) is 2.62. The second-order valence-corrected chi connectivity index (χ2v) is 7.95. The Morgan fingerprint density at radius 3 is 2.21 bits per heavy atom. The minimum absolute atomic E-state index is 0.0405. The molecule has 0 unspecified atom stereocenters. The van der Waals surface area contributed by atoms with E-state index < -0.39 is 21.7 Å². The Morgan fingerprint density at radius 1 is 0.929 bits per heavy atom. The van der Waals surface area contributed by atoms with E-state index in [2.05, 4.69) is 10.0 Å². The van der Waals surface area contributed by atoms with Gasteiger partial charge < -0.3 is 5.32 Å². The fourth-order valence-electron chi connectivity index (χ4n) is 2.54. The molecule has 0 bridgehead atoms. The predicted molar refractivity (Wildman–Crippen MR) is 106 cm³/mol. The van der Waals surface area contributed by atoms with Gasteiger partial charge in [-0.2, -0.15) is 0 Å². The van der Waals surface area contributed by atoms with E-state index in [4.69, 9.17) is 0 Å². The molecule has 3 rings (SSSR count). The van der Waals surface area contributed by atoms with E-state index >= 15 is 0 Å². The third kappa shape index (κ3) is 4.75. The Hall–Kier alpha value is -3.19. The van der Waals surface area contributed by atoms with Crippen LogP contribution in [0.3, 0.4) is 0 Å². The molecule has 0 heterocycles. The summed E-state index contributed by atoms with van der Waals surface area (Å²) in [7, 11) is -3.76. The highest BCUT2D eigenvalue weighted by molar-refractivity contribution is 7.92. The number of carbonyl (C=O) groups excluding carboxylic acids is 1. The summed E-state index contributed by atoms with van der Waals surface area (Å²) in [6, 6.07) is 18.7. The molecule has 3 aromatic carbocycles. The number of rotatable bonds is 6. The lowest BCUT2D eigenvalue weighted by molar-refractivity contribution is 0.0950. The molecule has 7 heteroatoms. The highest BCUT2D eigenvalue weighted by atomic mass is 32.2. The number of hydrogen-bond acceptors (Lipinski definition) is 3. The van der Waals surface area contributed by atoms with E-state index in [1.54, 1.807) is 42.5 Å². The Bertz CT molecular complexity index is 1080. The van der Waals surface area contributed by atoms with Crippen molar-refractivity contribution in [3.05, 3.63) is 95.3 Å². The summed E-state index contributed by atoms with van der Waals surface area (Å²) < 4.78 is 41.0. The van der Waals surface area contributed by atoms with Crippen LogP contribution in [-0.4, -0.2) is 14.3 Å². The van der Waals surface area contributed by atoms with Crippen LogP contribution in [-0.2, 0) is 16.6 Å². The van der Waals surface area contributed by atoms with E-state index in [0.717, 1.165) is 5.56 Å². The monoisotopic (exact) mass is 398 g/mol. The molecule has 1 amide bonds. The summed E-state index contributed by atoms with van der Waals surface area (Å²) in [4.78, 5) is 12.3. The van der Waals surface area contributed by atoms with Crippen molar-refractivity contribution in [1.29, 1.82) is 0 Å². The molecule has 0 saturated heterocycles. The molecule has 0 aliphatic heterocycles. The summed E-state index contributed by atoms with van der Waals surface area (Å²) in [6.07, 6.45) is 0. The van der Waals surface area contributed by atoms with Crippen LogP contribution in [0.15, 0.2) is 77.7 Å². The molecule has 0 atom stereocenters. The largest absolute Gasteiger partial charge is 0.348 e. The van der Waals surface area contributed by atoms with Crippen molar-refractivity contribution in [1.82, 2.24) is 5.32 Å². The van der Waals surface area contributed by atoms with Crippen molar-refractivity contribution in [2.75, 3.05) is 4.72 Å². The second kappa shape index (κ2) is 8.22. The molecule has 0 radical (unpaired) electrons. The lowest BCUT2D eigenvalue weighted by Gasteiger charge is -2.10. The van der Waals surface area contributed by atoms with Gasteiger partial charge in [0.05, 0.1) is 4.90 Å². The van der Waals surface area contributed by atoms with E-state index in [9.17, 15) is 17.6 Å². The molecule has 5 nitrogen and oxygen atoms in total. The van der Waals surface area contributed by atoms with Gasteiger partial charge in [0.15, 0.2) is 0 Å². The van der Waals surface area contributed by atoms with Crippen molar-refractivity contribution >= 4 is 21.6 Å². The van der Waals surface area contributed by atoms with E-state index in [1.807, 2.05) is 6.92 Å². The normalized spacial score (nSPS) is 11.1. The Balaban J connectivity index is 1.67. The molecule has 0 aliphatic carbocycles. The lowest BCUT2D eigenvalue weighted by atomic mass is 10.2. The first-order valence-corrected chi connectivity index (χ1v) is 10.0. The van der Waals surface area contributed by atoms with Gasteiger partial charge in [0.1, 0.15) is 5.82 Å². The highest BCUT2D eigenvalue weighted by Gasteiger charge is 2.15. The van der Waals surface area contributed by atoms with Gasteiger partial charge in [-0.3, -0.25) is 9.52 Å². The first-order chi connectivity index (χ1) is 13.3. The predicted octanol–water partition coefficient (Wildman–Crippen LogP) is 3.86. The third-order valence-electron chi connectivity index (χ3n) is 4.13. The number of benzene rings is 3. The van der Waals surface area contributed by atoms with Crippen LogP contribution in [0.5, 0.6) is 0 Å². The van der Waals surface area contributed by atoms with E-state index in [1.165, 1.54) is 30.3 Å². The lowest BCUT2D eigenvalue weighted by Crippen LogP contribution is -2.23. The SMILES string of the molecule is Cc1ccc(NS(=O)(=O)c2ccc(C(=O)NCc3ccccc3F)cc2)cc1. The first kappa shape index (κ1) is 19.6. The Labute approximate surface area is 163 Å². The maximum absolute atomic E-state index is 13.6. The fraction of sp³-hybridized carbons (Fsp3) is 0.0952. The molecule has 2 N–H and O–H groups in total. The molecule has 144 valence electrons. The number of anilines is 1. The minimum Gasteiger partial charge on any atom is -0.348 e. The van der Waals surface area contributed by atoms with Crippen molar-refractivity contribution in [3.63, 3.8) is 0 Å². The zero-order chi connectivity index (χ0) is 20.1. The van der Waals surface area contributed by atoms with Crippen LogP contribution in [0.4, 0.5) is 10.1 Å². The molecule has 0 aromatic heterocycles. The smallest absolute Gasteiger partial charge is 0.261 e. The maximum Gasteiger partial charge on any atom is 0.261 e. The second-order valence-electron chi connectivity index (χ2n) is 6.27. The number of nitrogens with one attached hydrogen (secondary N) is 2. The average Bonchev–Trinajstić information content (AvgIpc) is 2.69. The number of carbonyl (C=O) groups is 1. The van der Waals surface area contributed by atoms with Crippen molar-refractivity contribution < 1.29 is 17.6 Å². The molecular formula is C21H19FN2O3S. The van der Waals surface area contributed by atoms with Crippen LogP contribution in [0.1, 0.15) is 21.5 Å². The van der Waals surface area contributed by atoms with Crippen molar-refractivity contribution in [2.45, 2.75) is 18.4 Å². The third-order valence-corrected chi connectivity index (χ3v) is 5.53. The number of hydrogen-bond donors (Lipinski definition) is 2. The molecule has 0 spiro atoms. The van der Waals surface area contributed by atoms with Crippen LogP contribution in [0.25, 0.3) is 0 Å². The summed E-state index contributed by atoms with van der Waals surface area (Å²) in [5.74, 6) is -0.815. The number of amides is 1. The van der Waals surface area contributed by atoms with Gasteiger partial charge in [-0.25, -0.2) is 12.8 Å². The van der Waals surface area contributed by atoms with Gasteiger partial charge >= 0.3 is 0 Å². The van der Waals surface area contributed by atoms with Crippen molar-refractivity contribution in [2.24, 2.45) is 0 Å². The Morgan fingerprint density at radius 2 is 1.57 bits per heavy atom. The van der Waals surface area contributed by atoms with Gasteiger partial charge in [-0.1, -0.05) is 35.9 Å². The molecule has 28 heavy (non-hydrogen) atoms. The van der Waals surface area contributed by atoms with Gasteiger partial charge in [-0.05, 0) is 49.4 Å². The molecule has 0 saturated carbocycles. The number of sulfonamides is 1. The van der Waals surface area contributed by atoms with Gasteiger partial charge in [0.2, 0.25) is 0 Å². The molecule has 0 aliphatic rings. The number of aryl methyl sites for hydroxylation is 1. The molecular weight excluding hydrogens is 379 g/mol. The Kier molecular flexibility index (Phi) is 5.75. The van der Waals surface area contributed by atoms with E-state index in [0.29, 0.717) is 11.3 Å². The zero-order valence-electron chi connectivity index (χ0n) is 15.1. The maximum atomic E-state index is 13.6. The minimum atomic E-state index is -3.76. The van der Waals surface area contributed by atoms with E-state index in [-0.39, 0.29) is 17.0 Å². The van der Waals surface area contributed by atoms with Crippen LogP contribution in [0.2, 0.25) is 0 Å². The highest BCUT2D eigenvalue weighted by Crippen LogP contribution is 2.17. The van der Waals surface area contributed by atoms with Gasteiger partial charge in [0, 0.05) is 23.4 Å². The number of halogens is 1. The van der Waals surface area contributed by atoms with Gasteiger partial charge in [0.25, 0.3) is 15.9 Å². The quantitative estimate of drug-likeness (QED) is 0.662. The summed E-state index contributed by atoms with van der Waals surface area (Å²) >= 11 is 0. The zero-order valence-corrected chi connectivity index (χ0v) is 16.0. The van der Waals surface area contributed by atoms with Gasteiger partial charge in [-0.15, -0.1) is 0 Å². The van der Waals surface area contributed by atoms with Crippen LogP contribution >= 0.6 is 0 Å². The average molecular weight is 398 g/mol. The van der Waals surface area contributed by atoms with Crippen LogP contribution in [0, 0.1) is 12.7 Å². The first-order valence-electron chi connectivity index (χ1n) is 8.56. The summed E-state index contributed by atoms with van der Waals surface area (Å²) in [5.41, 5.74) is 2.13. The standard InChI is InChI=1S/C21H19FN2O3S/c1-15-6-10-18(11-7-15)24-28(26,27)19-12-8-16(9-13-19)21(25)23-14-17-4-2-3-5-20(17)22/h2-13,24H,14H2,1H3,(H,23,25). The van der Waals surface area contributed by atoms with Crippen LogP contribution < -0.4 is 10.0 Å². The topological polar surface area (TPSA) is 75.3 Å². The fourth-order valence-corrected chi connectivity index (χ4v) is 3.60. The van der Waals surface area contributed by atoms with Crippen molar-refractivity contribution in [3.8, 4) is 0 Å². The summed E-state index contributed by atoms with van der Waals surface area (Å²) in [6.45, 7) is 1.95. The molecule has 3 aromatic rings. The molecule has 0 fully saturated rings.